The zero-order valence-corrected chi connectivity index (χ0v) is 16.9. The van der Waals surface area contributed by atoms with Gasteiger partial charge < -0.3 is 10.2 Å². The zero-order valence-electron chi connectivity index (χ0n) is 14.6. The van der Waals surface area contributed by atoms with Crippen LogP contribution in [-0.2, 0) is 6.18 Å². The average molecular weight is 465 g/mol. The van der Waals surface area contributed by atoms with Crippen molar-refractivity contribution in [1.82, 2.24) is 10.2 Å². The predicted molar refractivity (Wildman–Crippen MR) is 105 cm³/mol. The molecule has 1 N–H and O–H groups in total. The van der Waals surface area contributed by atoms with Crippen LogP contribution in [0.5, 0.6) is 0 Å². The molecule has 1 saturated heterocycles. The van der Waals surface area contributed by atoms with Crippen molar-refractivity contribution in [1.29, 1.82) is 0 Å². The van der Waals surface area contributed by atoms with E-state index in [9.17, 15) is 13.2 Å². The fourth-order valence-corrected chi connectivity index (χ4v) is 2.67. The van der Waals surface area contributed by atoms with Gasteiger partial charge in [0.25, 0.3) is 0 Å². The lowest BCUT2D eigenvalue weighted by Crippen LogP contribution is -2.40. The van der Waals surface area contributed by atoms with Gasteiger partial charge in [0, 0.05) is 25.7 Å². The van der Waals surface area contributed by atoms with E-state index in [2.05, 4.69) is 40.9 Å². The fourth-order valence-electron chi connectivity index (χ4n) is 2.67. The summed E-state index contributed by atoms with van der Waals surface area (Å²) in [5, 5.41) is 3.14. The first-order chi connectivity index (χ1) is 11.2. The van der Waals surface area contributed by atoms with E-state index in [0.717, 1.165) is 37.6 Å². The van der Waals surface area contributed by atoms with Crippen LogP contribution in [0.1, 0.15) is 31.4 Å². The number of likely N-dealkylation sites (tertiary alicyclic amines) is 1. The zero-order chi connectivity index (χ0) is 17.8. The molecular formula is C18H23F3IN3. The Kier molecular flexibility index (Phi) is 7.60. The molecule has 0 unspecified atom stereocenters. The lowest BCUT2D eigenvalue weighted by molar-refractivity contribution is -0.137. The summed E-state index contributed by atoms with van der Waals surface area (Å²) in [4.78, 5) is 6.41. The van der Waals surface area contributed by atoms with Crippen LogP contribution >= 0.6 is 24.0 Å². The highest BCUT2D eigenvalue weighted by molar-refractivity contribution is 14.0. The second-order valence-corrected chi connectivity index (χ2v) is 6.62. The highest BCUT2D eigenvalue weighted by atomic mass is 127. The smallest absolute Gasteiger partial charge is 0.345 e. The number of aliphatic imine (C=N–C) groups is 1. The molecule has 1 aromatic rings. The maximum Gasteiger partial charge on any atom is 0.416 e. The minimum Gasteiger partial charge on any atom is -0.345 e. The number of nitrogens with zero attached hydrogens (tertiary/aromatic N) is 2. The third kappa shape index (κ3) is 6.42. The van der Waals surface area contributed by atoms with Gasteiger partial charge in [0.15, 0.2) is 5.96 Å². The topological polar surface area (TPSA) is 27.6 Å². The van der Waals surface area contributed by atoms with E-state index in [-0.39, 0.29) is 29.4 Å². The van der Waals surface area contributed by atoms with Crippen LogP contribution < -0.4 is 5.32 Å². The lowest BCUT2D eigenvalue weighted by Gasteiger charge is -2.22. The van der Waals surface area contributed by atoms with Crippen LogP contribution in [0.3, 0.4) is 0 Å². The average Bonchev–Trinajstić information content (AvgIpc) is 2.87. The molecule has 1 aliphatic rings. The van der Waals surface area contributed by atoms with Crippen LogP contribution in [0.25, 0.3) is 0 Å². The number of alkyl halides is 3. The Balaban J connectivity index is 0.00000312. The molecule has 1 aromatic carbocycles. The van der Waals surface area contributed by atoms with Crippen molar-refractivity contribution in [3.8, 4) is 11.8 Å². The van der Waals surface area contributed by atoms with Crippen LogP contribution in [0, 0.1) is 17.3 Å². The second-order valence-electron chi connectivity index (χ2n) is 6.62. The highest BCUT2D eigenvalue weighted by Crippen LogP contribution is 2.29. The van der Waals surface area contributed by atoms with E-state index >= 15 is 0 Å². The van der Waals surface area contributed by atoms with Crippen molar-refractivity contribution in [3.05, 3.63) is 35.4 Å². The molecule has 0 radical (unpaired) electrons. The largest absolute Gasteiger partial charge is 0.416 e. The van der Waals surface area contributed by atoms with Crippen molar-refractivity contribution in [2.45, 2.75) is 26.4 Å². The number of rotatable bonds is 1. The molecule has 2 rings (SSSR count). The number of benzene rings is 1. The van der Waals surface area contributed by atoms with Gasteiger partial charge >= 0.3 is 6.18 Å². The molecule has 7 heteroatoms. The predicted octanol–water partition coefficient (Wildman–Crippen LogP) is 3.98. The number of hydrogen-bond acceptors (Lipinski definition) is 1. The molecule has 0 saturated carbocycles. The SMILES string of the molecule is CN=C(NCC#Cc1cccc(C(F)(F)F)c1)N1CCC(C)(C)C1.I. The molecule has 0 spiro atoms. The summed E-state index contributed by atoms with van der Waals surface area (Å²) in [6, 6.07) is 5.04. The van der Waals surface area contributed by atoms with Gasteiger partial charge in [-0.3, -0.25) is 4.99 Å². The van der Waals surface area contributed by atoms with E-state index in [4.69, 9.17) is 0 Å². The summed E-state index contributed by atoms with van der Waals surface area (Å²) in [7, 11) is 1.72. The van der Waals surface area contributed by atoms with Gasteiger partial charge in [-0.1, -0.05) is 31.8 Å². The van der Waals surface area contributed by atoms with Gasteiger partial charge in [0.05, 0.1) is 12.1 Å². The Morgan fingerprint density at radius 1 is 1.36 bits per heavy atom. The standard InChI is InChI=1S/C18H22F3N3.HI/c1-17(2)9-11-24(13-17)16(22-3)23-10-5-7-14-6-4-8-15(12-14)18(19,20)21;/h4,6,8,12H,9-11,13H2,1-3H3,(H,22,23);1H. The van der Waals surface area contributed by atoms with Crippen LogP contribution in [0.4, 0.5) is 13.2 Å². The van der Waals surface area contributed by atoms with Gasteiger partial charge in [0.2, 0.25) is 0 Å². The van der Waals surface area contributed by atoms with Crippen molar-refractivity contribution in [2.75, 3.05) is 26.7 Å². The van der Waals surface area contributed by atoms with Gasteiger partial charge in [-0.05, 0) is 30.0 Å². The Hall–Kier alpha value is -1.43. The summed E-state index contributed by atoms with van der Waals surface area (Å²) in [6.45, 7) is 6.63. The fraction of sp³-hybridized carbons (Fsp3) is 0.500. The molecular weight excluding hydrogens is 442 g/mol. The van der Waals surface area contributed by atoms with Crippen molar-refractivity contribution in [3.63, 3.8) is 0 Å². The Bertz CT molecular complexity index is 672. The minimum atomic E-state index is -4.35. The van der Waals surface area contributed by atoms with E-state index in [1.807, 2.05) is 0 Å². The normalized spacial score (nSPS) is 16.7. The van der Waals surface area contributed by atoms with E-state index in [1.54, 1.807) is 13.1 Å². The first kappa shape index (κ1) is 21.6. The Morgan fingerprint density at radius 2 is 2.08 bits per heavy atom. The highest BCUT2D eigenvalue weighted by Gasteiger charge is 2.31. The molecule has 0 aliphatic carbocycles. The molecule has 1 fully saturated rings. The molecule has 138 valence electrons. The molecule has 1 aliphatic heterocycles. The lowest BCUT2D eigenvalue weighted by atomic mass is 9.93. The minimum absolute atomic E-state index is 0. The number of guanidine groups is 1. The van der Waals surface area contributed by atoms with Crippen molar-refractivity contribution < 1.29 is 13.2 Å². The molecule has 0 aromatic heterocycles. The van der Waals surface area contributed by atoms with Crippen molar-refractivity contribution >= 4 is 29.9 Å². The van der Waals surface area contributed by atoms with E-state index < -0.39 is 11.7 Å². The maximum atomic E-state index is 12.7. The summed E-state index contributed by atoms with van der Waals surface area (Å²) in [6.07, 6.45) is -3.25. The summed E-state index contributed by atoms with van der Waals surface area (Å²) in [5.41, 5.74) is -0.0669. The molecule has 0 bridgehead atoms. The van der Waals surface area contributed by atoms with E-state index in [0.29, 0.717) is 12.1 Å². The van der Waals surface area contributed by atoms with Gasteiger partial charge in [0.1, 0.15) is 0 Å². The molecule has 3 nitrogen and oxygen atoms in total. The molecule has 25 heavy (non-hydrogen) atoms. The molecule has 0 amide bonds. The molecule has 1 heterocycles. The first-order valence-electron chi connectivity index (χ1n) is 7.83. The Labute approximate surface area is 164 Å². The van der Waals surface area contributed by atoms with Crippen LogP contribution in [-0.4, -0.2) is 37.5 Å². The quantitative estimate of drug-likeness (QED) is 0.294. The summed E-state index contributed by atoms with van der Waals surface area (Å²) >= 11 is 0. The van der Waals surface area contributed by atoms with Crippen molar-refractivity contribution in [2.24, 2.45) is 10.4 Å². The maximum absolute atomic E-state index is 12.7. The monoisotopic (exact) mass is 465 g/mol. The number of nitrogens with one attached hydrogen (secondary N) is 1. The third-order valence-electron chi connectivity index (χ3n) is 3.95. The second kappa shape index (κ2) is 8.79. The summed E-state index contributed by atoms with van der Waals surface area (Å²) < 4.78 is 38.0. The third-order valence-corrected chi connectivity index (χ3v) is 3.95. The van der Waals surface area contributed by atoms with Crippen LogP contribution in [0.2, 0.25) is 0 Å². The number of hydrogen-bond donors (Lipinski definition) is 1. The summed E-state index contributed by atoms with van der Waals surface area (Å²) in [5.74, 6) is 6.39. The number of halogens is 4. The molecule has 0 atom stereocenters. The van der Waals surface area contributed by atoms with E-state index in [1.165, 1.54) is 6.07 Å². The van der Waals surface area contributed by atoms with Gasteiger partial charge in [-0.2, -0.15) is 13.2 Å². The first-order valence-corrected chi connectivity index (χ1v) is 7.83. The van der Waals surface area contributed by atoms with Crippen LogP contribution in [0.15, 0.2) is 29.3 Å². The van der Waals surface area contributed by atoms with Gasteiger partial charge in [-0.25, -0.2) is 0 Å². The Morgan fingerprint density at radius 3 is 2.64 bits per heavy atom. The van der Waals surface area contributed by atoms with Gasteiger partial charge in [-0.15, -0.1) is 24.0 Å².